The number of aromatic nitrogens is 2. The maximum Gasteiger partial charge on any atom is 0.0857 e. The highest BCUT2D eigenvalue weighted by Gasteiger charge is 2.28. The lowest BCUT2D eigenvalue weighted by Crippen LogP contribution is -2.53. The molecule has 2 rings (SSSR count). The van der Waals surface area contributed by atoms with E-state index in [1.165, 1.54) is 0 Å². The fourth-order valence-electron chi connectivity index (χ4n) is 2.68. The van der Waals surface area contributed by atoms with Crippen LogP contribution in [-0.4, -0.2) is 52.6 Å². The van der Waals surface area contributed by atoms with Gasteiger partial charge in [-0.1, -0.05) is 0 Å². The number of ether oxygens (including phenoxy) is 1. The molecular weight excluding hydrogens is 320 g/mol. The van der Waals surface area contributed by atoms with E-state index in [4.69, 9.17) is 10.5 Å². The fraction of sp³-hybridized carbons (Fsp3) is 0.786. The predicted molar refractivity (Wildman–Crippen MR) is 83.8 cm³/mol. The molecule has 2 N–H and O–H groups in total. The highest BCUT2D eigenvalue weighted by atomic mass is 79.9. The second-order valence-electron chi connectivity index (χ2n) is 5.84. The summed E-state index contributed by atoms with van der Waals surface area (Å²) in [7, 11) is 1.96. The topological polar surface area (TPSA) is 56.3 Å². The van der Waals surface area contributed by atoms with Gasteiger partial charge in [0.15, 0.2) is 0 Å². The molecule has 6 heteroatoms. The Morgan fingerprint density at radius 3 is 2.75 bits per heavy atom. The molecule has 2 heterocycles. The first-order valence-electron chi connectivity index (χ1n) is 7.19. The van der Waals surface area contributed by atoms with E-state index < -0.39 is 0 Å². The molecule has 0 amide bonds. The van der Waals surface area contributed by atoms with E-state index in [1.54, 1.807) is 0 Å². The number of nitrogens with zero attached hydrogens (tertiary/aromatic N) is 3. The maximum absolute atomic E-state index is 6.38. The molecule has 0 spiro atoms. The second-order valence-corrected chi connectivity index (χ2v) is 6.63. The maximum atomic E-state index is 6.38. The minimum Gasteiger partial charge on any atom is -0.374 e. The Kier molecular flexibility index (Phi) is 5.23. The van der Waals surface area contributed by atoms with Crippen molar-refractivity contribution in [3.8, 4) is 0 Å². The normalized spacial score (nSPS) is 22.4. The first kappa shape index (κ1) is 15.9. The average molecular weight is 345 g/mol. The highest BCUT2D eigenvalue weighted by molar-refractivity contribution is 9.10. The van der Waals surface area contributed by atoms with Gasteiger partial charge in [-0.2, -0.15) is 5.10 Å². The van der Waals surface area contributed by atoms with Crippen molar-refractivity contribution in [3.63, 3.8) is 0 Å². The molecule has 1 aliphatic rings. The first-order chi connectivity index (χ1) is 9.40. The zero-order valence-electron chi connectivity index (χ0n) is 12.8. The van der Waals surface area contributed by atoms with Gasteiger partial charge in [0.25, 0.3) is 0 Å². The van der Waals surface area contributed by atoms with Gasteiger partial charge in [-0.25, -0.2) is 0 Å². The van der Waals surface area contributed by atoms with Crippen LogP contribution < -0.4 is 5.73 Å². The van der Waals surface area contributed by atoms with Crippen LogP contribution in [0.15, 0.2) is 4.47 Å². The van der Waals surface area contributed by atoms with E-state index in [-0.39, 0.29) is 12.1 Å². The molecule has 114 valence electrons. The molecular formula is C14H25BrN4O. The lowest BCUT2D eigenvalue weighted by molar-refractivity contribution is -0.0497. The standard InChI is InChI=1S/C14H25BrN4O/c1-9(2)19-5-6-20-13(8-19)11(16)7-12-14(15)10(3)17-18(12)4/h9,11,13H,5-8,16H2,1-4H3. The van der Waals surface area contributed by atoms with Crippen LogP contribution in [0.4, 0.5) is 0 Å². The smallest absolute Gasteiger partial charge is 0.0857 e. The van der Waals surface area contributed by atoms with Crippen molar-refractivity contribution in [1.82, 2.24) is 14.7 Å². The van der Waals surface area contributed by atoms with Crippen LogP contribution in [0.5, 0.6) is 0 Å². The van der Waals surface area contributed by atoms with E-state index in [9.17, 15) is 0 Å². The Balaban J connectivity index is 2.02. The molecule has 0 bridgehead atoms. The summed E-state index contributed by atoms with van der Waals surface area (Å²) in [6, 6.07) is 0.530. The molecule has 1 fully saturated rings. The lowest BCUT2D eigenvalue weighted by atomic mass is 10.0. The Bertz CT molecular complexity index is 460. The van der Waals surface area contributed by atoms with Crippen molar-refractivity contribution < 1.29 is 4.74 Å². The Hall–Kier alpha value is -0.430. The minimum atomic E-state index is -0.0114. The molecule has 2 atom stereocenters. The quantitative estimate of drug-likeness (QED) is 0.898. The fourth-order valence-corrected chi connectivity index (χ4v) is 3.18. The monoisotopic (exact) mass is 344 g/mol. The lowest BCUT2D eigenvalue weighted by Gasteiger charge is -2.37. The molecule has 1 aliphatic heterocycles. The molecule has 0 radical (unpaired) electrons. The number of morpholine rings is 1. The Morgan fingerprint density at radius 1 is 1.50 bits per heavy atom. The van der Waals surface area contributed by atoms with E-state index in [2.05, 4.69) is 39.8 Å². The van der Waals surface area contributed by atoms with E-state index in [0.29, 0.717) is 6.04 Å². The van der Waals surface area contributed by atoms with Gasteiger partial charge < -0.3 is 10.5 Å². The number of aryl methyl sites for hydroxylation is 2. The largest absolute Gasteiger partial charge is 0.374 e. The van der Waals surface area contributed by atoms with Crippen molar-refractivity contribution in [2.24, 2.45) is 12.8 Å². The summed E-state index contributed by atoms with van der Waals surface area (Å²) in [5, 5.41) is 4.41. The third-order valence-electron chi connectivity index (χ3n) is 4.02. The third-order valence-corrected chi connectivity index (χ3v) is 5.05. The molecule has 20 heavy (non-hydrogen) atoms. The van der Waals surface area contributed by atoms with Crippen LogP contribution in [-0.2, 0) is 18.2 Å². The molecule has 5 nitrogen and oxygen atoms in total. The van der Waals surface area contributed by atoms with Gasteiger partial charge in [0.2, 0.25) is 0 Å². The number of halogens is 1. The molecule has 1 saturated heterocycles. The SMILES string of the molecule is Cc1nn(C)c(CC(N)C2CN(C(C)C)CCO2)c1Br. The molecule has 1 aromatic heterocycles. The van der Waals surface area contributed by atoms with E-state index >= 15 is 0 Å². The zero-order valence-corrected chi connectivity index (χ0v) is 14.4. The number of hydrogen-bond donors (Lipinski definition) is 1. The van der Waals surface area contributed by atoms with Crippen molar-refractivity contribution in [2.75, 3.05) is 19.7 Å². The summed E-state index contributed by atoms with van der Waals surface area (Å²) in [5.41, 5.74) is 8.52. The molecule has 2 unspecified atom stereocenters. The summed E-state index contributed by atoms with van der Waals surface area (Å²) in [5.74, 6) is 0. The van der Waals surface area contributed by atoms with Crippen LogP contribution in [0.2, 0.25) is 0 Å². The molecule has 0 aromatic carbocycles. The van der Waals surface area contributed by atoms with Crippen LogP contribution in [0, 0.1) is 6.92 Å². The van der Waals surface area contributed by atoms with Crippen molar-refractivity contribution in [3.05, 3.63) is 15.9 Å². The molecule has 0 aliphatic carbocycles. The number of nitrogens with two attached hydrogens (primary N) is 1. The number of rotatable bonds is 4. The van der Waals surface area contributed by atoms with Crippen LogP contribution in [0.3, 0.4) is 0 Å². The van der Waals surface area contributed by atoms with Crippen molar-refractivity contribution in [2.45, 2.75) is 45.4 Å². The average Bonchev–Trinajstić information content (AvgIpc) is 2.65. The molecule has 0 saturated carbocycles. The van der Waals surface area contributed by atoms with Gasteiger partial charge in [-0.05, 0) is 36.7 Å². The predicted octanol–water partition coefficient (Wildman–Crippen LogP) is 1.47. The third kappa shape index (κ3) is 3.42. The van der Waals surface area contributed by atoms with Gasteiger partial charge >= 0.3 is 0 Å². The Morgan fingerprint density at radius 2 is 2.20 bits per heavy atom. The van der Waals surface area contributed by atoms with Gasteiger partial charge in [0, 0.05) is 38.6 Å². The van der Waals surface area contributed by atoms with Gasteiger partial charge in [0.05, 0.1) is 28.6 Å². The van der Waals surface area contributed by atoms with Crippen molar-refractivity contribution >= 4 is 15.9 Å². The zero-order chi connectivity index (χ0) is 14.9. The minimum absolute atomic E-state index is 0.0114. The van der Waals surface area contributed by atoms with Gasteiger partial charge in [-0.3, -0.25) is 9.58 Å². The van der Waals surface area contributed by atoms with Crippen molar-refractivity contribution in [1.29, 1.82) is 0 Å². The summed E-state index contributed by atoms with van der Waals surface area (Å²) in [4.78, 5) is 2.43. The van der Waals surface area contributed by atoms with Crippen LogP contribution in [0.1, 0.15) is 25.2 Å². The summed E-state index contributed by atoms with van der Waals surface area (Å²) >= 11 is 3.60. The summed E-state index contributed by atoms with van der Waals surface area (Å²) in [6.07, 6.45) is 0.863. The number of hydrogen-bond acceptors (Lipinski definition) is 4. The van der Waals surface area contributed by atoms with Crippen LogP contribution >= 0.6 is 15.9 Å². The summed E-state index contributed by atoms with van der Waals surface area (Å²) < 4.78 is 8.83. The van der Waals surface area contributed by atoms with Gasteiger partial charge in [0.1, 0.15) is 0 Å². The van der Waals surface area contributed by atoms with Crippen LogP contribution in [0.25, 0.3) is 0 Å². The van der Waals surface area contributed by atoms with Gasteiger partial charge in [-0.15, -0.1) is 0 Å². The highest BCUT2D eigenvalue weighted by Crippen LogP contribution is 2.22. The van der Waals surface area contributed by atoms with E-state index in [1.807, 2.05) is 18.7 Å². The van der Waals surface area contributed by atoms with E-state index in [0.717, 1.165) is 42.0 Å². The first-order valence-corrected chi connectivity index (χ1v) is 7.98. The summed E-state index contributed by atoms with van der Waals surface area (Å²) in [6.45, 7) is 9.10. The molecule has 1 aromatic rings. The second kappa shape index (κ2) is 6.56. The Labute approximate surface area is 129 Å².